The quantitative estimate of drug-likeness (QED) is 0.558. The van der Waals surface area contributed by atoms with Gasteiger partial charge in [0.15, 0.2) is 0 Å². The Morgan fingerprint density at radius 3 is 2.39 bits per heavy atom. The van der Waals surface area contributed by atoms with Crippen molar-refractivity contribution in [3.63, 3.8) is 0 Å². The first-order valence-corrected chi connectivity index (χ1v) is 6.47. The third kappa shape index (κ3) is 2.41. The van der Waals surface area contributed by atoms with Crippen molar-refractivity contribution < 1.29 is 9.59 Å². The molecule has 18 heavy (non-hydrogen) atoms. The number of carbonyl (C=O) groups is 2. The van der Waals surface area contributed by atoms with Crippen LogP contribution in [0.5, 0.6) is 0 Å². The van der Waals surface area contributed by atoms with Gasteiger partial charge in [0.05, 0.1) is 0 Å². The average Bonchev–Trinajstić information content (AvgIpc) is 3.17. The van der Waals surface area contributed by atoms with E-state index in [1.165, 1.54) is 0 Å². The van der Waals surface area contributed by atoms with Gasteiger partial charge < -0.3 is 15.1 Å². The number of likely N-dealkylation sites (N-methyl/N-ethyl adjacent to an activating group) is 1. The van der Waals surface area contributed by atoms with Gasteiger partial charge in [-0.1, -0.05) is 6.08 Å². The highest BCUT2D eigenvalue weighted by Crippen LogP contribution is 2.47. The lowest BCUT2D eigenvalue weighted by molar-refractivity contribution is -0.145. The molecule has 1 heterocycles. The SMILES string of the molecule is C=CCNC(=O)C1(C(=O)N2CCN(C)CC2)CC1. The van der Waals surface area contributed by atoms with Gasteiger partial charge in [0.2, 0.25) is 11.8 Å². The fraction of sp³-hybridized carbons (Fsp3) is 0.692. The van der Waals surface area contributed by atoms with Crippen LogP contribution in [0.15, 0.2) is 12.7 Å². The number of nitrogens with zero attached hydrogens (tertiary/aromatic N) is 2. The molecule has 0 bridgehead atoms. The summed E-state index contributed by atoms with van der Waals surface area (Å²) in [7, 11) is 2.05. The van der Waals surface area contributed by atoms with Crippen LogP contribution in [-0.4, -0.2) is 61.4 Å². The Bertz CT molecular complexity index is 355. The smallest absolute Gasteiger partial charge is 0.238 e. The number of piperazine rings is 1. The van der Waals surface area contributed by atoms with Crippen molar-refractivity contribution in [2.24, 2.45) is 5.41 Å². The molecule has 1 aliphatic heterocycles. The summed E-state index contributed by atoms with van der Waals surface area (Å²) in [6.07, 6.45) is 3.00. The Labute approximate surface area is 108 Å². The summed E-state index contributed by atoms with van der Waals surface area (Å²) in [4.78, 5) is 28.5. The average molecular weight is 251 g/mol. The molecule has 0 atom stereocenters. The molecule has 0 unspecified atom stereocenters. The fourth-order valence-electron chi connectivity index (χ4n) is 2.31. The normalized spacial score (nSPS) is 22.4. The van der Waals surface area contributed by atoms with Gasteiger partial charge in [-0.15, -0.1) is 6.58 Å². The zero-order valence-electron chi connectivity index (χ0n) is 10.9. The highest BCUT2D eigenvalue weighted by atomic mass is 16.2. The Kier molecular flexibility index (Phi) is 3.71. The van der Waals surface area contributed by atoms with Crippen molar-refractivity contribution in [2.45, 2.75) is 12.8 Å². The van der Waals surface area contributed by atoms with Crippen LogP contribution in [0.1, 0.15) is 12.8 Å². The minimum atomic E-state index is -0.765. The molecule has 1 saturated carbocycles. The van der Waals surface area contributed by atoms with E-state index in [0.717, 1.165) is 26.2 Å². The molecule has 0 aromatic carbocycles. The van der Waals surface area contributed by atoms with Crippen molar-refractivity contribution in [3.8, 4) is 0 Å². The number of amides is 2. The van der Waals surface area contributed by atoms with Crippen LogP contribution in [0.25, 0.3) is 0 Å². The monoisotopic (exact) mass is 251 g/mol. The Balaban J connectivity index is 1.95. The predicted molar refractivity (Wildman–Crippen MR) is 69.0 cm³/mol. The van der Waals surface area contributed by atoms with Gasteiger partial charge in [-0.05, 0) is 19.9 Å². The minimum Gasteiger partial charge on any atom is -0.352 e. The lowest BCUT2D eigenvalue weighted by Gasteiger charge is -2.34. The van der Waals surface area contributed by atoms with Crippen LogP contribution < -0.4 is 5.32 Å². The summed E-state index contributed by atoms with van der Waals surface area (Å²) in [6.45, 7) is 7.22. The molecule has 2 fully saturated rings. The molecule has 1 aliphatic carbocycles. The number of hydrogen-bond acceptors (Lipinski definition) is 3. The van der Waals surface area contributed by atoms with Gasteiger partial charge in [-0.25, -0.2) is 0 Å². The maximum absolute atomic E-state index is 12.4. The van der Waals surface area contributed by atoms with Gasteiger partial charge >= 0.3 is 0 Å². The molecular formula is C13H21N3O2. The van der Waals surface area contributed by atoms with Crippen LogP contribution in [0.2, 0.25) is 0 Å². The lowest BCUT2D eigenvalue weighted by Crippen LogP contribution is -2.52. The molecular weight excluding hydrogens is 230 g/mol. The van der Waals surface area contributed by atoms with Crippen molar-refractivity contribution in [3.05, 3.63) is 12.7 Å². The standard InChI is InChI=1S/C13H21N3O2/c1-3-6-14-11(17)13(4-5-13)12(18)16-9-7-15(2)8-10-16/h3H,1,4-10H2,2H3,(H,14,17). The van der Waals surface area contributed by atoms with E-state index in [-0.39, 0.29) is 11.8 Å². The summed E-state index contributed by atoms with van der Waals surface area (Å²) in [5.41, 5.74) is -0.765. The molecule has 1 saturated heterocycles. The lowest BCUT2D eigenvalue weighted by atomic mass is 10.0. The Morgan fingerprint density at radius 2 is 1.89 bits per heavy atom. The molecule has 2 rings (SSSR count). The number of nitrogens with one attached hydrogen (secondary N) is 1. The molecule has 1 N–H and O–H groups in total. The second-order valence-corrected chi connectivity index (χ2v) is 5.18. The first-order chi connectivity index (χ1) is 8.60. The molecule has 2 amide bonds. The first-order valence-electron chi connectivity index (χ1n) is 6.47. The van der Waals surface area contributed by atoms with Crippen LogP contribution in [0, 0.1) is 5.41 Å². The minimum absolute atomic E-state index is 0.0113. The fourth-order valence-corrected chi connectivity index (χ4v) is 2.31. The zero-order valence-corrected chi connectivity index (χ0v) is 10.9. The molecule has 100 valence electrons. The Morgan fingerprint density at radius 1 is 1.28 bits per heavy atom. The van der Waals surface area contributed by atoms with Gasteiger partial charge in [0, 0.05) is 32.7 Å². The van der Waals surface area contributed by atoms with Crippen LogP contribution >= 0.6 is 0 Å². The topological polar surface area (TPSA) is 52.7 Å². The summed E-state index contributed by atoms with van der Waals surface area (Å²) in [5.74, 6) is -0.122. The summed E-state index contributed by atoms with van der Waals surface area (Å²) < 4.78 is 0. The Hall–Kier alpha value is -1.36. The van der Waals surface area contributed by atoms with Crippen LogP contribution in [0.3, 0.4) is 0 Å². The molecule has 0 aromatic heterocycles. The van der Waals surface area contributed by atoms with E-state index in [9.17, 15) is 9.59 Å². The van der Waals surface area contributed by atoms with Crippen molar-refractivity contribution in [1.82, 2.24) is 15.1 Å². The van der Waals surface area contributed by atoms with Crippen molar-refractivity contribution in [1.29, 1.82) is 0 Å². The third-order valence-electron chi connectivity index (χ3n) is 3.79. The van der Waals surface area contributed by atoms with Gasteiger partial charge in [0.1, 0.15) is 5.41 Å². The molecule has 0 aromatic rings. The van der Waals surface area contributed by atoms with Gasteiger partial charge in [-0.3, -0.25) is 9.59 Å². The molecule has 0 radical (unpaired) electrons. The molecule has 5 nitrogen and oxygen atoms in total. The van der Waals surface area contributed by atoms with E-state index in [4.69, 9.17) is 0 Å². The van der Waals surface area contributed by atoms with E-state index in [0.29, 0.717) is 19.4 Å². The summed E-state index contributed by atoms with van der Waals surface area (Å²) in [5, 5.41) is 2.75. The predicted octanol–water partition coefficient (Wildman–Crippen LogP) is -0.157. The third-order valence-corrected chi connectivity index (χ3v) is 3.79. The molecule has 0 spiro atoms. The van der Waals surface area contributed by atoms with E-state index in [1.807, 2.05) is 11.9 Å². The number of rotatable bonds is 4. The first kappa shape index (κ1) is 13.1. The highest BCUT2D eigenvalue weighted by molar-refractivity contribution is 6.07. The molecule has 5 heteroatoms. The van der Waals surface area contributed by atoms with Crippen LogP contribution in [0.4, 0.5) is 0 Å². The zero-order chi connectivity index (χ0) is 13.2. The van der Waals surface area contributed by atoms with Crippen molar-refractivity contribution in [2.75, 3.05) is 39.8 Å². The van der Waals surface area contributed by atoms with E-state index in [2.05, 4.69) is 16.8 Å². The van der Waals surface area contributed by atoms with Crippen LogP contribution in [-0.2, 0) is 9.59 Å². The van der Waals surface area contributed by atoms with Crippen molar-refractivity contribution >= 4 is 11.8 Å². The summed E-state index contributed by atoms with van der Waals surface area (Å²) in [6, 6.07) is 0. The second kappa shape index (κ2) is 5.10. The van der Waals surface area contributed by atoms with E-state index < -0.39 is 5.41 Å². The number of carbonyl (C=O) groups excluding carboxylic acids is 2. The number of hydrogen-bond donors (Lipinski definition) is 1. The maximum Gasteiger partial charge on any atom is 0.238 e. The van der Waals surface area contributed by atoms with Gasteiger partial charge in [0.25, 0.3) is 0 Å². The largest absolute Gasteiger partial charge is 0.352 e. The maximum atomic E-state index is 12.4. The summed E-state index contributed by atoms with van der Waals surface area (Å²) >= 11 is 0. The molecule has 2 aliphatic rings. The van der Waals surface area contributed by atoms with Gasteiger partial charge in [-0.2, -0.15) is 0 Å². The van der Waals surface area contributed by atoms with E-state index in [1.54, 1.807) is 6.08 Å². The second-order valence-electron chi connectivity index (χ2n) is 5.18. The highest BCUT2D eigenvalue weighted by Gasteiger charge is 2.57. The van der Waals surface area contributed by atoms with E-state index >= 15 is 0 Å².